The second-order valence-corrected chi connectivity index (χ2v) is 11.3. The Balaban J connectivity index is 1.39. The van der Waals surface area contributed by atoms with Crippen LogP contribution in [0.5, 0.6) is 17.2 Å². The molecule has 0 saturated heterocycles. The zero-order chi connectivity index (χ0) is 34.9. The summed E-state index contributed by atoms with van der Waals surface area (Å²) in [5.41, 5.74) is 0.582. The minimum absolute atomic E-state index is 0.0141. The van der Waals surface area contributed by atoms with Crippen LogP contribution in [0.3, 0.4) is 0 Å². The molecule has 1 aliphatic carbocycles. The van der Waals surface area contributed by atoms with Crippen LogP contribution in [0.15, 0.2) is 72.8 Å². The molecule has 0 radical (unpaired) electrons. The molecule has 2 aromatic carbocycles. The summed E-state index contributed by atoms with van der Waals surface area (Å²) in [7, 11) is 1.42. The maximum absolute atomic E-state index is 12.5. The van der Waals surface area contributed by atoms with Crippen molar-refractivity contribution in [2.75, 3.05) is 26.9 Å². The lowest BCUT2D eigenvalue weighted by Gasteiger charge is -2.19. The molecular weight excluding hydrogens is 650 g/mol. The summed E-state index contributed by atoms with van der Waals surface area (Å²) in [5, 5.41) is 48.2. The highest BCUT2D eigenvalue weighted by Crippen LogP contribution is 2.36. The quantitative estimate of drug-likeness (QED) is 0.0351. The average Bonchev–Trinajstić information content (AvgIpc) is 3.32. The first-order chi connectivity index (χ1) is 23.0. The summed E-state index contributed by atoms with van der Waals surface area (Å²) in [6, 6.07) is 11.6. The largest absolute Gasteiger partial charge is 0.493 e. The van der Waals surface area contributed by atoms with Gasteiger partial charge in [0.15, 0.2) is 11.5 Å². The van der Waals surface area contributed by atoms with E-state index in [2.05, 4.69) is 4.84 Å². The molecule has 0 spiro atoms. The fraction of sp³-hybridized carbons (Fsp3) is 0.412. The van der Waals surface area contributed by atoms with Crippen molar-refractivity contribution in [3.05, 3.63) is 83.4 Å². The topological polar surface area (TPSA) is 185 Å². The molecule has 13 nitrogen and oxygen atoms in total. The third-order valence-electron chi connectivity index (χ3n) is 7.37. The van der Waals surface area contributed by atoms with Crippen molar-refractivity contribution < 1.29 is 59.1 Å². The fourth-order valence-corrected chi connectivity index (χ4v) is 5.19. The summed E-state index contributed by atoms with van der Waals surface area (Å²) in [6.45, 7) is -0.432. The van der Waals surface area contributed by atoms with Crippen LogP contribution in [0.1, 0.15) is 37.7 Å². The van der Waals surface area contributed by atoms with Gasteiger partial charge in [-0.2, -0.15) is 0 Å². The number of rotatable bonds is 19. The van der Waals surface area contributed by atoms with E-state index in [-0.39, 0.29) is 50.2 Å². The van der Waals surface area contributed by atoms with Gasteiger partial charge in [-0.25, -0.2) is 9.63 Å². The number of allylic oxidation sites excluding steroid dienone is 2. The van der Waals surface area contributed by atoms with Gasteiger partial charge in [-0.15, -0.1) is 0 Å². The minimum Gasteiger partial charge on any atom is -0.493 e. The first-order valence-electron chi connectivity index (χ1n) is 15.4. The first-order valence-corrected chi connectivity index (χ1v) is 15.7. The van der Waals surface area contributed by atoms with Gasteiger partial charge in [-0.3, -0.25) is 15.2 Å². The Labute approximate surface area is 283 Å². The maximum atomic E-state index is 12.5. The number of unbranched alkanes of at least 4 members (excludes halogenated alkanes) is 1. The lowest BCUT2D eigenvalue weighted by Crippen LogP contribution is -2.21. The van der Waals surface area contributed by atoms with Crippen LogP contribution in [-0.4, -0.2) is 88.3 Å². The smallest absolute Gasteiger partial charge is 0.330 e. The number of hydrogen-bond donors (Lipinski definition) is 5. The van der Waals surface area contributed by atoms with Gasteiger partial charge in [0.05, 0.1) is 24.7 Å². The maximum Gasteiger partial charge on any atom is 0.330 e. The van der Waals surface area contributed by atoms with E-state index < -0.39 is 35.6 Å². The van der Waals surface area contributed by atoms with Gasteiger partial charge in [0.1, 0.15) is 31.7 Å². The number of benzene rings is 2. The van der Waals surface area contributed by atoms with Gasteiger partial charge < -0.3 is 34.3 Å². The molecule has 5 N–H and O–H groups in total. The lowest BCUT2D eigenvalue weighted by molar-refractivity contribution is -0.493. The Morgan fingerprint density at radius 1 is 1.06 bits per heavy atom. The standard InChI is InChI=1S/C34H42ClNO12/c1-44-32-19-23(12-16-33(40)45-17-18-47-36(42)43)11-15-31(32)48-34(41)10-5-3-2-4-9-27-28(30(39)21-29(27)38)14-13-25(37)22-46-26-8-6-7-24(35)20-26/h2,4,6-8,11-16,19-20,25,27-30,37-39,42-43H,3,5,9-10,17-18,21-22H2,1H3/b4-2-,14-13+,16-12+/t25-,27-,28-,29+,30-/m1/s1. The molecule has 5 atom stereocenters. The molecule has 48 heavy (non-hydrogen) atoms. The third-order valence-corrected chi connectivity index (χ3v) is 7.61. The number of aliphatic hydroxyl groups is 3. The summed E-state index contributed by atoms with van der Waals surface area (Å²) in [6.07, 6.45) is 9.50. The third kappa shape index (κ3) is 13.7. The number of ether oxygens (including phenoxy) is 4. The van der Waals surface area contributed by atoms with Crippen molar-refractivity contribution in [3.8, 4) is 17.2 Å². The highest BCUT2D eigenvalue weighted by Gasteiger charge is 2.39. The Morgan fingerprint density at radius 2 is 1.88 bits per heavy atom. The lowest BCUT2D eigenvalue weighted by atomic mass is 9.89. The SMILES string of the molecule is COc1cc(/C=C/C(=O)OCCON(O)O)ccc1OC(=O)CCC/C=C\C[C@@H]1[C@@H](/C=C/[C@@H](O)COc2cccc(Cl)c2)[C@H](O)C[C@@H]1O. The molecule has 1 fully saturated rings. The van der Waals surface area contributed by atoms with E-state index in [0.717, 1.165) is 0 Å². The monoisotopic (exact) mass is 691 g/mol. The number of hydrogen-bond acceptors (Lipinski definition) is 13. The minimum atomic E-state index is -0.906. The Morgan fingerprint density at radius 3 is 2.62 bits per heavy atom. The molecule has 1 aliphatic rings. The van der Waals surface area contributed by atoms with Gasteiger partial charge in [-0.05, 0) is 67.2 Å². The number of aliphatic hydroxyl groups excluding tert-OH is 3. The second-order valence-electron chi connectivity index (χ2n) is 10.9. The zero-order valence-corrected chi connectivity index (χ0v) is 27.2. The normalized spacial score (nSPS) is 20.2. The molecule has 2 aromatic rings. The predicted molar refractivity (Wildman–Crippen MR) is 173 cm³/mol. The van der Waals surface area contributed by atoms with Crippen LogP contribution in [0, 0.1) is 11.8 Å². The van der Waals surface area contributed by atoms with Crippen LogP contribution < -0.4 is 14.2 Å². The van der Waals surface area contributed by atoms with Gasteiger partial charge >= 0.3 is 11.9 Å². The van der Waals surface area contributed by atoms with Crippen molar-refractivity contribution in [2.24, 2.45) is 11.8 Å². The second kappa shape index (κ2) is 20.5. The van der Waals surface area contributed by atoms with Crippen molar-refractivity contribution >= 4 is 29.6 Å². The number of carbonyl (C=O) groups is 2. The predicted octanol–water partition coefficient (Wildman–Crippen LogP) is 4.29. The number of halogens is 1. The zero-order valence-electron chi connectivity index (χ0n) is 26.5. The fourth-order valence-electron chi connectivity index (χ4n) is 5.01. The number of methoxy groups -OCH3 is 1. The van der Waals surface area contributed by atoms with E-state index in [1.165, 1.54) is 19.3 Å². The summed E-state index contributed by atoms with van der Waals surface area (Å²) < 4.78 is 21.2. The van der Waals surface area contributed by atoms with E-state index in [4.69, 9.17) is 41.0 Å². The molecule has 0 aliphatic heterocycles. The molecule has 14 heteroatoms. The van der Waals surface area contributed by atoms with Gasteiger partial charge in [0.25, 0.3) is 0 Å². The van der Waals surface area contributed by atoms with E-state index in [1.807, 2.05) is 12.2 Å². The number of esters is 2. The molecule has 0 heterocycles. The van der Waals surface area contributed by atoms with Crippen LogP contribution >= 0.6 is 11.6 Å². The summed E-state index contributed by atoms with van der Waals surface area (Å²) in [4.78, 5) is 28.5. The Bertz CT molecular complexity index is 1400. The van der Waals surface area contributed by atoms with E-state index in [9.17, 15) is 24.9 Å². The Hall–Kier alpha value is -3.79. The van der Waals surface area contributed by atoms with Crippen molar-refractivity contribution in [3.63, 3.8) is 0 Å². The first kappa shape index (κ1) is 38.7. The van der Waals surface area contributed by atoms with E-state index in [0.29, 0.717) is 41.3 Å². The highest BCUT2D eigenvalue weighted by atomic mass is 35.5. The van der Waals surface area contributed by atoms with Gasteiger partial charge in [0.2, 0.25) is 0 Å². The summed E-state index contributed by atoms with van der Waals surface area (Å²) >= 11 is 5.95. The molecular formula is C34H42ClNO12. The molecule has 0 amide bonds. The van der Waals surface area contributed by atoms with Crippen LogP contribution in [0.2, 0.25) is 5.02 Å². The number of nitrogens with zero attached hydrogens (tertiary/aromatic N) is 1. The number of carbonyl (C=O) groups excluding carboxylic acids is 2. The Kier molecular flexibility index (Phi) is 16.5. The van der Waals surface area contributed by atoms with Crippen molar-refractivity contribution in [2.45, 2.75) is 50.4 Å². The van der Waals surface area contributed by atoms with Gasteiger partial charge in [0, 0.05) is 29.9 Å². The molecule has 0 bridgehead atoms. The van der Waals surface area contributed by atoms with Crippen molar-refractivity contribution in [1.29, 1.82) is 0 Å². The molecule has 3 rings (SSSR count). The van der Waals surface area contributed by atoms with Crippen LogP contribution in [0.25, 0.3) is 6.08 Å². The molecule has 0 unspecified atom stereocenters. The average molecular weight is 692 g/mol. The molecule has 262 valence electrons. The van der Waals surface area contributed by atoms with E-state index in [1.54, 1.807) is 54.6 Å². The summed E-state index contributed by atoms with van der Waals surface area (Å²) in [5.74, 6) is -0.633. The van der Waals surface area contributed by atoms with Crippen LogP contribution in [0.4, 0.5) is 0 Å². The van der Waals surface area contributed by atoms with Gasteiger partial charge in [-0.1, -0.05) is 48.0 Å². The van der Waals surface area contributed by atoms with Crippen molar-refractivity contribution in [1.82, 2.24) is 5.39 Å². The van der Waals surface area contributed by atoms with Crippen LogP contribution in [-0.2, 0) is 19.2 Å². The van der Waals surface area contributed by atoms with E-state index >= 15 is 0 Å². The molecule has 1 saturated carbocycles. The molecule has 0 aromatic heterocycles. The highest BCUT2D eigenvalue weighted by molar-refractivity contribution is 6.30.